The molecule has 20 heavy (non-hydrogen) atoms. The molecule has 0 saturated heterocycles. The SMILES string of the molecule is C[C@H](NC(=O)CCn1cc(Cl)cn1)[C@@H]1C[C@@H]2CC[C@@H]1C2. The third-order valence-corrected chi connectivity index (χ3v) is 5.19. The summed E-state index contributed by atoms with van der Waals surface area (Å²) < 4.78 is 1.71. The summed E-state index contributed by atoms with van der Waals surface area (Å²) in [4.78, 5) is 12.0. The van der Waals surface area contributed by atoms with Crippen LogP contribution in [0.3, 0.4) is 0 Å². The average molecular weight is 296 g/mol. The molecule has 1 aromatic heterocycles. The van der Waals surface area contributed by atoms with E-state index in [1.54, 1.807) is 17.1 Å². The van der Waals surface area contributed by atoms with Crippen molar-refractivity contribution < 1.29 is 4.79 Å². The summed E-state index contributed by atoms with van der Waals surface area (Å²) >= 11 is 5.80. The summed E-state index contributed by atoms with van der Waals surface area (Å²) in [6.45, 7) is 2.75. The second kappa shape index (κ2) is 5.76. The van der Waals surface area contributed by atoms with E-state index in [9.17, 15) is 4.79 Å². The number of amides is 1. The number of nitrogens with one attached hydrogen (secondary N) is 1. The molecule has 0 aliphatic heterocycles. The Morgan fingerprint density at radius 2 is 2.40 bits per heavy atom. The van der Waals surface area contributed by atoms with Crippen molar-refractivity contribution >= 4 is 17.5 Å². The number of fused-ring (bicyclic) bond motifs is 2. The quantitative estimate of drug-likeness (QED) is 0.908. The Bertz CT molecular complexity index is 487. The van der Waals surface area contributed by atoms with Gasteiger partial charge in [0.1, 0.15) is 0 Å². The molecule has 2 aliphatic rings. The zero-order valence-corrected chi connectivity index (χ0v) is 12.6. The molecular formula is C15H22ClN3O. The molecule has 4 nitrogen and oxygen atoms in total. The van der Waals surface area contributed by atoms with Crippen LogP contribution in [0, 0.1) is 17.8 Å². The number of carbonyl (C=O) groups excluding carboxylic acids is 1. The Morgan fingerprint density at radius 3 is 3.00 bits per heavy atom. The maximum atomic E-state index is 12.0. The van der Waals surface area contributed by atoms with Gasteiger partial charge in [0.15, 0.2) is 0 Å². The Morgan fingerprint density at radius 1 is 1.55 bits per heavy atom. The van der Waals surface area contributed by atoms with Gasteiger partial charge in [0, 0.05) is 25.2 Å². The molecule has 0 spiro atoms. The largest absolute Gasteiger partial charge is 0.353 e. The molecule has 110 valence electrons. The summed E-state index contributed by atoms with van der Waals surface area (Å²) in [5.41, 5.74) is 0. The third kappa shape index (κ3) is 3.00. The molecule has 1 amide bonds. The highest BCUT2D eigenvalue weighted by Crippen LogP contribution is 2.49. The van der Waals surface area contributed by atoms with Gasteiger partial charge in [-0.25, -0.2) is 0 Å². The molecule has 0 unspecified atom stereocenters. The van der Waals surface area contributed by atoms with Gasteiger partial charge in [-0.05, 0) is 43.9 Å². The minimum atomic E-state index is 0.117. The van der Waals surface area contributed by atoms with Crippen LogP contribution >= 0.6 is 11.6 Å². The van der Waals surface area contributed by atoms with Crippen LogP contribution in [0.1, 0.15) is 39.0 Å². The normalized spacial score (nSPS) is 29.6. The predicted molar refractivity (Wildman–Crippen MR) is 78.4 cm³/mol. The van der Waals surface area contributed by atoms with Crippen molar-refractivity contribution in [1.29, 1.82) is 0 Å². The van der Waals surface area contributed by atoms with Crippen molar-refractivity contribution in [2.45, 2.75) is 51.6 Å². The Hall–Kier alpha value is -1.03. The first-order valence-electron chi connectivity index (χ1n) is 7.59. The van der Waals surface area contributed by atoms with Gasteiger partial charge in [-0.3, -0.25) is 9.48 Å². The number of hydrogen-bond donors (Lipinski definition) is 1. The van der Waals surface area contributed by atoms with E-state index in [0.717, 1.165) is 11.8 Å². The number of hydrogen-bond acceptors (Lipinski definition) is 2. The van der Waals surface area contributed by atoms with Gasteiger partial charge < -0.3 is 5.32 Å². The number of aryl methyl sites for hydroxylation is 1. The Balaban J connectivity index is 1.44. The molecule has 4 atom stereocenters. The number of aromatic nitrogens is 2. The maximum absolute atomic E-state index is 12.0. The number of nitrogens with zero attached hydrogens (tertiary/aromatic N) is 2. The lowest BCUT2D eigenvalue weighted by Crippen LogP contribution is -2.40. The summed E-state index contributed by atoms with van der Waals surface area (Å²) in [5.74, 6) is 2.58. The smallest absolute Gasteiger partial charge is 0.222 e. The van der Waals surface area contributed by atoms with Crippen molar-refractivity contribution in [2.75, 3.05) is 0 Å². The van der Waals surface area contributed by atoms with Crippen LogP contribution in [0.15, 0.2) is 12.4 Å². The van der Waals surface area contributed by atoms with Crippen LogP contribution in [0.4, 0.5) is 0 Å². The van der Waals surface area contributed by atoms with Gasteiger partial charge in [0.2, 0.25) is 5.91 Å². The highest BCUT2D eigenvalue weighted by atomic mass is 35.5. The fourth-order valence-electron chi connectivity index (χ4n) is 4.02. The van der Waals surface area contributed by atoms with Gasteiger partial charge in [-0.2, -0.15) is 5.10 Å². The monoisotopic (exact) mass is 295 g/mol. The lowest BCUT2D eigenvalue weighted by atomic mass is 9.84. The van der Waals surface area contributed by atoms with Crippen LogP contribution in [-0.2, 0) is 11.3 Å². The molecule has 2 fully saturated rings. The molecule has 2 saturated carbocycles. The van der Waals surface area contributed by atoms with Gasteiger partial charge in [0.05, 0.1) is 11.2 Å². The number of carbonyl (C=O) groups is 1. The van der Waals surface area contributed by atoms with Crippen LogP contribution < -0.4 is 5.32 Å². The highest BCUT2D eigenvalue weighted by molar-refractivity contribution is 6.30. The molecule has 1 heterocycles. The zero-order chi connectivity index (χ0) is 14.1. The van der Waals surface area contributed by atoms with E-state index in [4.69, 9.17) is 11.6 Å². The summed E-state index contributed by atoms with van der Waals surface area (Å²) in [5, 5.41) is 7.86. The number of rotatable bonds is 5. The topological polar surface area (TPSA) is 46.9 Å². The van der Waals surface area contributed by atoms with Crippen LogP contribution in [0.25, 0.3) is 0 Å². The fraction of sp³-hybridized carbons (Fsp3) is 0.733. The molecule has 0 radical (unpaired) electrons. The first-order chi connectivity index (χ1) is 9.61. The lowest BCUT2D eigenvalue weighted by molar-refractivity contribution is -0.122. The third-order valence-electron chi connectivity index (χ3n) is 4.99. The van der Waals surface area contributed by atoms with Gasteiger partial charge in [0.25, 0.3) is 0 Å². The first-order valence-corrected chi connectivity index (χ1v) is 7.97. The number of halogens is 1. The fourth-order valence-corrected chi connectivity index (χ4v) is 4.17. The van der Waals surface area contributed by atoms with E-state index in [0.29, 0.717) is 29.9 Å². The van der Waals surface area contributed by atoms with Crippen molar-refractivity contribution in [1.82, 2.24) is 15.1 Å². The van der Waals surface area contributed by atoms with E-state index in [2.05, 4.69) is 17.3 Å². The van der Waals surface area contributed by atoms with E-state index in [1.807, 2.05) is 0 Å². The molecule has 2 bridgehead atoms. The second-order valence-corrected chi connectivity index (χ2v) is 6.80. The van der Waals surface area contributed by atoms with Crippen LogP contribution in [0.2, 0.25) is 5.02 Å². The van der Waals surface area contributed by atoms with Crippen molar-refractivity contribution in [3.63, 3.8) is 0 Å². The zero-order valence-electron chi connectivity index (χ0n) is 11.9. The van der Waals surface area contributed by atoms with Gasteiger partial charge in [-0.15, -0.1) is 0 Å². The highest BCUT2D eigenvalue weighted by Gasteiger charge is 2.41. The van der Waals surface area contributed by atoms with Crippen molar-refractivity contribution in [2.24, 2.45) is 17.8 Å². The molecule has 3 rings (SSSR count). The minimum absolute atomic E-state index is 0.117. The summed E-state index contributed by atoms with van der Waals surface area (Å²) in [6, 6.07) is 0.305. The lowest BCUT2D eigenvalue weighted by Gasteiger charge is -2.28. The standard InChI is InChI=1S/C15H22ClN3O/c1-10(14-7-11-2-3-12(14)6-11)18-15(20)4-5-19-9-13(16)8-17-19/h8-12,14H,2-7H2,1H3,(H,18,20)/t10-,11+,12+,14-/m0/s1. The maximum Gasteiger partial charge on any atom is 0.222 e. The molecular weight excluding hydrogens is 274 g/mol. The summed E-state index contributed by atoms with van der Waals surface area (Å²) in [6.07, 6.45) is 9.26. The Kier molecular flexibility index (Phi) is 4.01. The van der Waals surface area contributed by atoms with E-state index in [-0.39, 0.29) is 5.91 Å². The van der Waals surface area contributed by atoms with Crippen LogP contribution in [-0.4, -0.2) is 21.7 Å². The molecule has 0 aromatic carbocycles. The van der Waals surface area contributed by atoms with E-state index in [1.165, 1.54) is 25.7 Å². The van der Waals surface area contributed by atoms with E-state index < -0.39 is 0 Å². The van der Waals surface area contributed by atoms with Gasteiger partial charge in [-0.1, -0.05) is 18.0 Å². The van der Waals surface area contributed by atoms with Crippen molar-refractivity contribution in [3.8, 4) is 0 Å². The van der Waals surface area contributed by atoms with E-state index >= 15 is 0 Å². The Labute approximate surface area is 124 Å². The molecule has 5 heteroatoms. The van der Waals surface area contributed by atoms with Crippen molar-refractivity contribution in [3.05, 3.63) is 17.4 Å². The molecule has 1 aromatic rings. The first kappa shape index (κ1) is 13.9. The molecule has 2 aliphatic carbocycles. The molecule has 1 N–H and O–H groups in total. The van der Waals surface area contributed by atoms with Crippen LogP contribution in [0.5, 0.6) is 0 Å². The average Bonchev–Trinajstić information content (AvgIpc) is 3.12. The summed E-state index contributed by atoms with van der Waals surface area (Å²) in [7, 11) is 0. The van der Waals surface area contributed by atoms with Gasteiger partial charge >= 0.3 is 0 Å². The second-order valence-electron chi connectivity index (χ2n) is 6.37. The predicted octanol–water partition coefficient (Wildman–Crippen LogP) is 2.87. The minimum Gasteiger partial charge on any atom is -0.353 e.